The Labute approximate surface area is 157 Å². The van der Waals surface area contributed by atoms with Gasteiger partial charge in [-0.25, -0.2) is 4.99 Å². The van der Waals surface area contributed by atoms with Gasteiger partial charge in [-0.15, -0.1) is 0 Å². The van der Waals surface area contributed by atoms with Crippen molar-refractivity contribution < 1.29 is 9.53 Å². The van der Waals surface area contributed by atoms with Crippen molar-refractivity contribution in [2.45, 2.75) is 40.2 Å². The number of carbonyl (C=O) groups excluding carboxylic acids is 1. The van der Waals surface area contributed by atoms with Crippen LogP contribution in [0.25, 0.3) is 0 Å². The molecule has 1 heterocycles. The van der Waals surface area contributed by atoms with Crippen molar-refractivity contribution in [2.75, 3.05) is 32.8 Å². The van der Waals surface area contributed by atoms with E-state index in [0.717, 1.165) is 37.8 Å². The van der Waals surface area contributed by atoms with Gasteiger partial charge < -0.3 is 20.3 Å². The van der Waals surface area contributed by atoms with Crippen LogP contribution >= 0.6 is 0 Å². The normalized spacial score (nSPS) is 17.5. The fourth-order valence-corrected chi connectivity index (χ4v) is 2.91. The molecule has 6 nitrogen and oxygen atoms in total. The molecule has 6 heteroatoms. The van der Waals surface area contributed by atoms with Gasteiger partial charge in [0.05, 0.1) is 6.54 Å². The summed E-state index contributed by atoms with van der Waals surface area (Å²) in [5, 5.41) is 6.70. The third-order valence-corrected chi connectivity index (χ3v) is 4.33. The van der Waals surface area contributed by atoms with Crippen molar-refractivity contribution in [2.24, 2.45) is 10.9 Å². The van der Waals surface area contributed by atoms with Crippen LogP contribution in [-0.4, -0.2) is 55.6 Å². The van der Waals surface area contributed by atoms with Gasteiger partial charge >= 0.3 is 0 Å². The molecular weight excluding hydrogens is 328 g/mol. The second kappa shape index (κ2) is 10.0. The lowest BCUT2D eigenvalue weighted by Crippen LogP contribution is -2.45. The zero-order valence-electron chi connectivity index (χ0n) is 16.4. The van der Waals surface area contributed by atoms with Crippen LogP contribution in [0.15, 0.2) is 29.3 Å². The van der Waals surface area contributed by atoms with Crippen LogP contribution < -0.4 is 15.4 Å². The minimum Gasteiger partial charge on any atom is -0.492 e. The van der Waals surface area contributed by atoms with Gasteiger partial charge in [0, 0.05) is 31.6 Å². The minimum absolute atomic E-state index is 0.0505. The molecule has 1 saturated heterocycles. The topological polar surface area (TPSA) is 66.0 Å². The van der Waals surface area contributed by atoms with E-state index < -0.39 is 0 Å². The molecule has 1 aromatic rings. The second-order valence-electron chi connectivity index (χ2n) is 6.99. The third kappa shape index (κ3) is 6.24. The summed E-state index contributed by atoms with van der Waals surface area (Å²) in [5.41, 5.74) is 1.22. The molecule has 26 heavy (non-hydrogen) atoms. The van der Waals surface area contributed by atoms with Gasteiger partial charge in [0.15, 0.2) is 5.96 Å². The Balaban J connectivity index is 1.79. The fourth-order valence-electron chi connectivity index (χ4n) is 2.91. The lowest BCUT2D eigenvalue weighted by Gasteiger charge is -2.20. The van der Waals surface area contributed by atoms with E-state index in [9.17, 15) is 4.79 Å². The molecule has 2 rings (SSSR count). The number of nitrogens with one attached hydrogen (secondary N) is 2. The molecule has 0 aromatic heterocycles. The molecule has 0 aliphatic carbocycles. The quantitative estimate of drug-likeness (QED) is 0.444. The zero-order chi connectivity index (χ0) is 18.9. The standard InChI is InChI=1S/C20H32N4O2/c1-5-21-20(22-11-13-26-18-8-6-16(4)7-9-18)23-17-10-12-24(14-17)19(25)15(2)3/h6-9,15,17H,5,10-14H2,1-4H3,(H2,21,22,23). The molecule has 1 amide bonds. The molecule has 1 aromatic carbocycles. The second-order valence-corrected chi connectivity index (χ2v) is 6.99. The van der Waals surface area contributed by atoms with Crippen molar-refractivity contribution in [3.05, 3.63) is 29.8 Å². The van der Waals surface area contributed by atoms with Crippen LogP contribution in [0.5, 0.6) is 5.75 Å². The first-order chi connectivity index (χ1) is 12.5. The molecule has 1 fully saturated rings. The van der Waals surface area contributed by atoms with E-state index in [-0.39, 0.29) is 17.9 Å². The monoisotopic (exact) mass is 360 g/mol. The largest absolute Gasteiger partial charge is 0.492 e. The van der Waals surface area contributed by atoms with E-state index in [2.05, 4.69) is 22.5 Å². The number of aliphatic imine (C=N–C) groups is 1. The predicted molar refractivity (Wildman–Crippen MR) is 106 cm³/mol. The van der Waals surface area contributed by atoms with Crippen LogP contribution in [0.3, 0.4) is 0 Å². The van der Waals surface area contributed by atoms with Gasteiger partial charge in [-0.1, -0.05) is 31.5 Å². The van der Waals surface area contributed by atoms with Crippen molar-refractivity contribution in [1.82, 2.24) is 15.5 Å². The molecule has 0 spiro atoms. The number of benzene rings is 1. The minimum atomic E-state index is 0.0505. The first kappa shape index (κ1) is 20.1. The Hall–Kier alpha value is -2.24. The number of carbonyl (C=O) groups is 1. The van der Waals surface area contributed by atoms with Gasteiger partial charge in [-0.3, -0.25) is 4.79 Å². The van der Waals surface area contributed by atoms with Crippen molar-refractivity contribution in [1.29, 1.82) is 0 Å². The first-order valence-electron chi connectivity index (χ1n) is 9.52. The van der Waals surface area contributed by atoms with Crippen molar-refractivity contribution in [3.8, 4) is 5.75 Å². The summed E-state index contributed by atoms with van der Waals surface area (Å²) in [6.45, 7) is 11.4. The third-order valence-electron chi connectivity index (χ3n) is 4.33. The molecule has 0 saturated carbocycles. The lowest BCUT2D eigenvalue weighted by molar-refractivity contribution is -0.133. The molecule has 1 atom stereocenters. The maximum atomic E-state index is 12.1. The lowest BCUT2D eigenvalue weighted by atomic mass is 10.2. The highest BCUT2D eigenvalue weighted by Crippen LogP contribution is 2.13. The molecular formula is C20H32N4O2. The molecule has 1 aliphatic heterocycles. The summed E-state index contributed by atoms with van der Waals surface area (Å²) in [5.74, 6) is 1.92. The van der Waals surface area contributed by atoms with E-state index in [4.69, 9.17) is 4.74 Å². The average molecular weight is 361 g/mol. The number of amides is 1. The number of guanidine groups is 1. The van der Waals surface area contributed by atoms with Crippen molar-refractivity contribution in [3.63, 3.8) is 0 Å². The summed E-state index contributed by atoms with van der Waals surface area (Å²) in [6, 6.07) is 8.26. The molecule has 1 aliphatic rings. The van der Waals surface area contributed by atoms with Gasteiger partial charge in [-0.05, 0) is 32.4 Å². The Bertz CT molecular complexity index is 598. The number of aryl methyl sites for hydroxylation is 1. The Morgan fingerprint density at radius 1 is 1.35 bits per heavy atom. The van der Waals surface area contributed by atoms with E-state index in [0.29, 0.717) is 13.2 Å². The van der Waals surface area contributed by atoms with Crippen LogP contribution in [0.2, 0.25) is 0 Å². The molecule has 0 radical (unpaired) electrons. The number of ether oxygens (including phenoxy) is 1. The number of hydrogen-bond acceptors (Lipinski definition) is 3. The molecule has 0 bridgehead atoms. The summed E-state index contributed by atoms with van der Waals surface area (Å²) in [7, 11) is 0. The SMILES string of the molecule is CCNC(=NCCOc1ccc(C)cc1)NC1CCN(C(=O)C(C)C)C1. The number of likely N-dealkylation sites (tertiary alicyclic amines) is 1. The molecule has 2 N–H and O–H groups in total. The van der Waals surface area contributed by atoms with Crippen LogP contribution in [-0.2, 0) is 4.79 Å². The maximum Gasteiger partial charge on any atom is 0.225 e. The van der Waals surface area contributed by atoms with Gasteiger partial charge in [0.25, 0.3) is 0 Å². The highest BCUT2D eigenvalue weighted by atomic mass is 16.5. The maximum absolute atomic E-state index is 12.1. The summed E-state index contributed by atoms with van der Waals surface area (Å²) < 4.78 is 5.72. The van der Waals surface area contributed by atoms with Crippen LogP contribution in [0, 0.1) is 12.8 Å². The van der Waals surface area contributed by atoms with Crippen molar-refractivity contribution >= 4 is 11.9 Å². The van der Waals surface area contributed by atoms with E-state index in [1.807, 2.05) is 49.9 Å². The summed E-state index contributed by atoms with van der Waals surface area (Å²) >= 11 is 0. The number of hydrogen-bond donors (Lipinski definition) is 2. The van der Waals surface area contributed by atoms with Crippen LogP contribution in [0.4, 0.5) is 0 Å². The first-order valence-corrected chi connectivity index (χ1v) is 9.52. The smallest absolute Gasteiger partial charge is 0.225 e. The Morgan fingerprint density at radius 3 is 2.73 bits per heavy atom. The highest BCUT2D eigenvalue weighted by molar-refractivity contribution is 5.81. The summed E-state index contributed by atoms with van der Waals surface area (Å²) in [4.78, 5) is 18.6. The van der Waals surface area contributed by atoms with Gasteiger partial charge in [-0.2, -0.15) is 0 Å². The van der Waals surface area contributed by atoms with E-state index >= 15 is 0 Å². The Kier molecular flexibility index (Phi) is 7.75. The van der Waals surface area contributed by atoms with Gasteiger partial charge in [0.1, 0.15) is 12.4 Å². The van der Waals surface area contributed by atoms with Crippen LogP contribution in [0.1, 0.15) is 32.8 Å². The Morgan fingerprint density at radius 2 is 2.08 bits per heavy atom. The predicted octanol–water partition coefficient (Wildman–Crippen LogP) is 2.19. The van der Waals surface area contributed by atoms with Gasteiger partial charge in [0.2, 0.25) is 5.91 Å². The molecule has 1 unspecified atom stereocenters. The van der Waals surface area contributed by atoms with E-state index in [1.165, 1.54) is 5.56 Å². The highest BCUT2D eigenvalue weighted by Gasteiger charge is 2.27. The van der Waals surface area contributed by atoms with E-state index in [1.54, 1.807) is 0 Å². The molecule has 144 valence electrons. The average Bonchev–Trinajstić information content (AvgIpc) is 3.08. The zero-order valence-corrected chi connectivity index (χ0v) is 16.4. The fraction of sp³-hybridized carbons (Fsp3) is 0.600. The number of rotatable bonds is 7. The number of nitrogens with zero attached hydrogens (tertiary/aromatic N) is 2. The summed E-state index contributed by atoms with van der Waals surface area (Å²) in [6.07, 6.45) is 0.947.